The highest BCUT2D eigenvalue weighted by Crippen LogP contribution is 2.30. The van der Waals surface area contributed by atoms with Gasteiger partial charge in [-0.15, -0.1) is 0 Å². The highest BCUT2D eigenvalue weighted by Gasteiger charge is 2.19. The number of aryl methyl sites for hydroxylation is 1. The van der Waals surface area contributed by atoms with Gasteiger partial charge in [0, 0.05) is 10.4 Å². The van der Waals surface area contributed by atoms with E-state index in [9.17, 15) is 0 Å². The van der Waals surface area contributed by atoms with Crippen LogP contribution in [0.3, 0.4) is 0 Å². The average Bonchev–Trinajstić information content (AvgIpc) is 2.96. The van der Waals surface area contributed by atoms with Crippen LogP contribution < -0.4 is 5.32 Å². The van der Waals surface area contributed by atoms with Crippen molar-refractivity contribution in [2.75, 3.05) is 7.05 Å². The number of furan rings is 2. The lowest BCUT2D eigenvalue weighted by Gasteiger charge is -2.10. The van der Waals surface area contributed by atoms with Gasteiger partial charge < -0.3 is 14.2 Å². The minimum atomic E-state index is -0.0973. The normalized spacial score (nSPS) is 13.0. The monoisotopic (exact) mass is 275 g/mol. The van der Waals surface area contributed by atoms with Crippen molar-refractivity contribution in [1.29, 1.82) is 0 Å². The van der Waals surface area contributed by atoms with Gasteiger partial charge in [0.1, 0.15) is 28.9 Å². The second kappa shape index (κ2) is 4.76. The molecule has 0 saturated heterocycles. The molecule has 3 nitrogen and oxygen atoms in total. The van der Waals surface area contributed by atoms with Crippen molar-refractivity contribution in [2.45, 2.75) is 13.0 Å². The molecule has 3 aromatic rings. The summed E-state index contributed by atoms with van der Waals surface area (Å²) in [5, 5.41) is 4.90. The maximum atomic E-state index is 5.99. The maximum Gasteiger partial charge on any atom is 0.134 e. The van der Waals surface area contributed by atoms with E-state index in [1.165, 1.54) is 0 Å². The van der Waals surface area contributed by atoms with Crippen LogP contribution in [0.25, 0.3) is 11.0 Å². The largest absolute Gasteiger partial charge is 0.464 e. The third kappa shape index (κ3) is 2.27. The van der Waals surface area contributed by atoms with Gasteiger partial charge in [0.05, 0.1) is 0 Å². The van der Waals surface area contributed by atoms with Gasteiger partial charge >= 0.3 is 0 Å². The van der Waals surface area contributed by atoms with Gasteiger partial charge in [-0.1, -0.05) is 11.6 Å². The smallest absolute Gasteiger partial charge is 0.134 e. The summed E-state index contributed by atoms with van der Waals surface area (Å²) in [6.07, 6.45) is 0. The summed E-state index contributed by atoms with van der Waals surface area (Å²) < 4.78 is 11.5. The average molecular weight is 276 g/mol. The zero-order valence-electron chi connectivity index (χ0n) is 10.7. The molecule has 1 N–H and O–H groups in total. The van der Waals surface area contributed by atoms with Crippen LogP contribution in [-0.4, -0.2) is 7.05 Å². The van der Waals surface area contributed by atoms with Gasteiger partial charge in [-0.25, -0.2) is 0 Å². The van der Waals surface area contributed by atoms with Crippen LogP contribution in [0.2, 0.25) is 5.02 Å². The molecule has 0 aliphatic heterocycles. The van der Waals surface area contributed by atoms with Gasteiger partial charge in [-0.2, -0.15) is 0 Å². The predicted molar refractivity (Wildman–Crippen MR) is 75.6 cm³/mol. The lowest BCUT2D eigenvalue weighted by molar-refractivity contribution is 0.404. The van der Waals surface area contributed by atoms with E-state index in [1.807, 2.05) is 50.4 Å². The summed E-state index contributed by atoms with van der Waals surface area (Å²) in [6.45, 7) is 1.93. The lowest BCUT2D eigenvalue weighted by atomic mass is 10.1. The summed E-state index contributed by atoms with van der Waals surface area (Å²) in [5.41, 5.74) is 0.822. The van der Waals surface area contributed by atoms with E-state index in [1.54, 1.807) is 0 Å². The molecule has 0 spiro atoms. The van der Waals surface area contributed by atoms with Crippen LogP contribution >= 0.6 is 11.6 Å². The highest BCUT2D eigenvalue weighted by molar-refractivity contribution is 6.31. The summed E-state index contributed by atoms with van der Waals surface area (Å²) >= 11 is 5.99. The van der Waals surface area contributed by atoms with Crippen LogP contribution in [0, 0.1) is 6.92 Å². The van der Waals surface area contributed by atoms with Gasteiger partial charge in [-0.05, 0) is 50.4 Å². The molecule has 0 bridgehead atoms. The Bertz CT molecular complexity index is 714. The van der Waals surface area contributed by atoms with Gasteiger partial charge in [0.15, 0.2) is 0 Å². The van der Waals surface area contributed by atoms with E-state index in [-0.39, 0.29) is 6.04 Å². The van der Waals surface area contributed by atoms with Crippen LogP contribution in [0.1, 0.15) is 23.3 Å². The Hall–Kier alpha value is -1.71. The Morgan fingerprint density at radius 3 is 2.58 bits per heavy atom. The molecule has 19 heavy (non-hydrogen) atoms. The van der Waals surface area contributed by atoms with Crippen LogP contribution in [0.4, 0.5) is 0 Å². The molecule has 2 aromatic heterocycles. The topological polar surface area (TPSA) is 38.3 Å². The molecule has 0 radical (unpaired) electrons. The Morgan fingerprint density at radius 2 is 1.89 bits per heavy atom. The number of hydrogen-bond donors (Lipinski definition) is 1. The quantitative estimate of drug-likeness (QED) is 0.775. The number of benzene rings is 1. The Kier molecular flexibility index (Phi) is 3.09. The molecule has 3 rings (SSSR count). The first-order chi connectivity index (χ1) is 9.17. The first-order valence-corrected chi connectivity index (χ1v) is 6.48. The van der Waals surface area contributed by atoms with E-state index in [4.69, 9.17) is 20.4 Å². The predicted octanol–water partition coefficient (Wildman–Crippen LogP) is 4.30. The second-order valence-electron chi connectivity index (χ2n) is 4.50. The third-order valence-corrected chi connectivity index (χ3v) is 3.35. The van der Waals surface area contributed by atoms with Crippen molar-refractivity contribution in [3.8, 4) is 0 Å². The molecule has 0 saturated carbocycles. The van der Waals surface area contributed by atoms with E-state index in [0.717, 1.165) is 28.2 Å². The van der Waals surface area contributed by atoms with Crippen molar-refractivity contribution in [3.63, 3.8) is 0 Å². The minimum absolute atomic E-state index is 0.0973. The number of halogens is 1. The van der Waals surface area contributed by atoms with E-state index in [2.05, 4.69) is 5.32 Å². The summed E-state index contributed by atoms with van der Waals surface area (Å²) in [5.74, 6) is 2.54. The molecule has 0 aliphatic carbocycles. The van der Waals surface area contributed by atoms with E-state index < -0.39 is 0 Å². The molecule has 2 heterocycles. The van der Waals surface area contributed by atoms with E-state index >= 15 is 0 Å². The van der Waals surface area contributed by atoms with Crippen molar-refractivity contribution >= 4 is 22.6 Å². The van der Waals surface area contributed by atoms with Gasteiger partial charge in [-0.3, -0.25) is 0 Å². The van der Waals surface area contributed by atoms with Crippen molar-refractivity contribution in [1.82, 2.24) is 5.32 Å². The number of hydrogen-bond acceptors (Lipinski definition) is 3. The van der Waals surface area contributed by atoms with Crippen LogP contribution in [-0.2, 0) is 0 Å². The first-order valence-electron chi connectivity index (χ1n) is 6.10. The molecule has 0 amide bonds. The Balaban J connectivity index is 2.06. The summed E-state index contributed by atoms with van der Waals surface area (Å²) in [6, 6.07) is 11.4. The zero-order valence-corrected chi connectivity index (χ0v) is 11.5. The fourth-order valence-electron chi connectivity index (χ4n) is 2.21. The zero-order chi connectivity index (χ0) is 13.4. The molecule has 0 fully saturated rings. The van der Waals surface area contributed by atoms with Gasteiger partial charge in [0.25, 0.3) is 0 Å². The lowest BCUT2D eigenvalue weighted by Crippen LogP contribution is -2.16. The number of fused-ring (bicyclic) bond motifs is 1. The maximum absolute atomic E-state index is 5.99. The summed E-state index contributed by atoms with van der Waals surface area (Å²) in [4.78, 5) is 0. The number of rotatable bonds is 3. The number of nitrogens with one attached hydrogen (secondary N) is 1. The summed E-state index contributed by atoms with van der Waals surface area (Å²) in [7, 11) is 1.88. The second-order valence-corrected chi connectivity index (χ2v) is 4.94. The fraction of sp³-hybridized carbons (Fsp3) is 0.200. The van der Waals surface area contributed by atoms with Crippen molar-refractivity contribution < 1.29 is 8.83 Å². The molecule has 1 atom stereocenters. The van der Waals surface area contributed by atoms with Crippen LogP contribution in [0.5, 0.6) is 0 Å². The molecule has 98 valence electrons. The van der Waals surface area contributed by atoms with Crippen LogP contribution in [0.15, 0.2) is 45.2 Å². The van der Waals surface area contributed by atoms with Crippen molar-refractivity contribution in [3.05, 3.63) is 58.7 Å². The Morgan fingerprint density at radius 1 is 1.05 bits per heavy atom. The molecule has 1 aromatic carbocycles. The van der Waals surface area contributed by atoms with Crippen molar-refractivity contribution in [2.24, 2.45) is 0 Å². The SMILES string of the molecule is CNC(c1ccc(C)o1)c1cc2cc(Cl)ccc2o1. The molecular formula is C15H14ClNO2. The molecule has 4 heteroatoms. The first kappa shape index (κ1) is 12.3. The molecule has 0 aliphatic rings. The minimum Gasteiger partial charge on any atom is -0.464 e. The third-order valence-electron chi connectivity index (χ3n) is 3.12. The van der Waals surface area contributed by atoms with E-state index in [0.29, 0.717) is 5.02 Å². The highest BCUT2D eigenvalue weighted by atomic mass is 35.5. The molecular weight excluding hydrogens is 262 g/mol. The van der Waals surface area contributed by atoms with Gasteiger partial charge in [0.2, 0.25) is 0 Å². The Labute approximate surface area is 116 Å². The molecule has 1 unspecified atom stereocenters. The fourth-order valence-corrected chi connectivity index (χ4v) is 2.39. The standard InChI is InChI=1S/C15H14ClNO2/c1-9-3-5-13(18-9)15(17-2)14-8-10-7-11(16)4-6-12(10)19-14/h3-8,15,17H,1-2H3.